The van der Waals surface area contributed by atoms with Crippen LogP contribution in [0, 0.1) is 17.0 Å². The highest BCUT2D eigenvalue weighted by atomic mass is 16.6. The number of nitrogens with zero attached hydrogens (tertiary/aromatic N) is 1. The first-order valence-corrected chi connectivity index (χ1v) is 6.62. The van der Waals surface area contributed by atoms with Gasteiger partial charge in [-0.05, 0) is 33.8 Å². The second-order valence-electron chi connectivity index (χ2n) is 5.46. The van der Waals surface area contributed by atoms with Gasteiger partial charge in [-0.2, -0.15) is 0 Å². The normalized spacial score (nSPS) is 13.8. The number of amides is 1. The molecule has 1 amide bonds. The van der Waals surface area contributed by atoms with Crippen LogP contribution in [0.2, 0.25) is 0 Å². The predicted octanol–water partition coefficient (Wildman–Crippen LogP) is 1.52. The third-order valence-corrected chi connectivity index (χ3v) is 3.05. The fourth-order valence-electron chi connectivity index (χ4n) is 2.03. The summed E-state index contributed by atoms with van der Waals surface area (Å²) in [4.78, 5) is 22.2. The van der Waals surface area contributed by atoms with Crippen LogP contribution < -0.4 is 15.8 Å². The van der Waals surface area contributed by atoms with Crippen molar-refractivity contribution in [3.05, 3.63) is 33.9 Å². The van der Waals surface area contributed by atoms with Gasteiger partial charge in [0.25, 0.3) is 0 Å². The van der Waals surface area contributed by atoms with Gasteiger partial charge in [-0.25, -0.2) is 0 Å². The van der Waals surface area contributed by atoms with E-state index in [2.05, 4.69) is 5.32 Å². The van der Waals surface area contributed by atoms with E-state index < -0.39 is 16.4 Å². The Labute approximate surface area is 123 Å². The molecule has 0 aromatic heterocycles. The first kappa shape index (κ1) is 16.9. The Bertz CT molecular complexity index is 545. The Hall–Kier alpha value is -2.15. The molecule has 0 spiro atoms. The molecule has 1 aromatic carbocycles. The van der Waals surface area contributed by atoms with Gasteiger partial charge in [-0.3, -0.25) is 20.2 Å². The van der Waals surface area contributed by atoms with Gasteiger partial charge in [-0.15, -0.1) is 0 Å². The van der Waals surface area contributed by atoms with Gasteiger partial charge >= 0.3 is 5.69 Å². The maximum Gasteiger partial charge on any atom is 0.313 e. The lowest BCUT2D eigenvalue weighted by molar-refractivity contribution is -0.386. The van der Waals surface area contributed by atoms with Gasteiger partial charge in [0.2, 0.25) is 5.91 Å². The summed E-state index contributed by atoms with van der Waals surface area (Å²) in [5.41, 5.74) is 4.68. The number of carbonyl (C=O) groups is 1. The molecule has 0 saturated carbocycles. The fraction of sp³-hybridized carbons (Fsp3) is 0.500. The molecule has 0 aliphatic heterocycles. The zero-order valence-corrected chi connectivity index (χ0v) is 12.7. The zero-order chi connectivity index (χ0) is 16.2. The molecule has 0 fully saturated rings. The molecule has 1 atom stereocenters. The number of benzene rings is 1. The number of nitrogens with two attached hydrogens (primary N) is 1. The lowest BCUT2D eigenvalue weighted by Gasteiger charge is -2.29. The maximum absolute atomic E-state index is 11.6. The molecule has 1 rings (SSSR count). The summed E-state index contributed by atoms with van der Waals surface area (Å²) in [6.07, 6.45) is 0. The number of para-hydroxylation sites is 1. The smallest absolute Gasteiger partial charge is 0.313 e. The van der Waals surface area contributed by atoms with E-state index in [0.717, 1.165) is 0 Å². The van der Waals surface area contributed by atoms with Gasteiger partial charge in [0.1, 0.15) is 12.1 Å². The Morgan fingerprint density at radius 1 is 1.52 bits per heavy atom. The number of primary amides is 1. The highest BCUT2D eigenvalue weighted by Gasteiger charge is 2.33. The van der Waals surface area contributed by atoms with Crippen LogP contribution in [0.25, 0.3) is 0 Å². The number of nitrogens with one attached hydrogen (secondary N) is 1. The molecule has 3 N–H and O–H groups in total. The van der Waals surface area contributed by atoms with Crippen LogP contribution in [0.3, 0.4) is 0 Å². The molecule has 0 saturated heterocycles. The number of nitro groups is 1. The maximum atomic E-state index is 11.6. The van der Waals surface area contributed by atoms with E-state index in [9.17, 15) is 14.9 Å². The molecular formula is C14H21N3O4. The van der Waals surface area contributed by atoms with E-state index in [0.29, 0.717) is 5.56 Å². The zero-order valence-electron chi connectivity index (χ0n) is 12.7. The minimum Gasteiger partial charge on any atom is -0.484 e. The Kier molecular flexibility index (Phi) is 5.26. The molecule has 1 aromatic rings. The minimum atomic E-state index is -1.11. The van der Waals surface area contributed by atoms with Crippen LogP contribution in [0.5, 0.6) is 5.75 Å². The summed E-state index contributed by atoms with van der Waals surface area (Å²) in [5.74, 6) is -0.454. The highest BCUT2D eigenvalue weighted by Crippen LogP contribution is 2.30. The van der Waals surface area contributed by atoms with Gasteiger partial charge in [-0.1, -0.05) is 12.1 Å². The minimum absolute atomic E-state index is 0.0126. The standard InChI is InChI=1S/C14H21N3O4/c1-9(2)16-14(4,13(15)18)8-21-11-7-5-6-10(3)12(11)17(19)20/h5-7,9,16H,8H2,1-4H3,(H2,15,18). The Morgan fingerprint density at radius 2 is 2.14 bits per heavy atom. The van der Waals surface area contributed by atoms with E-state index in [1.807, 2.05) is 13.8 Å². The lowest BCUT2D eigenvalue weighted by atomic mass is 10.0. The highest BCUT2D eigenvalue weighted by molar-refractivity contribution is 5.84. The van der Waals surface area contributed by atoms with Crippen molar-refractivity contribution in [3.8, 4) is 5.75 Å². The Morgan fingerprint density at radius 3 is 2.62 bits per heavy atom. The molecule has 7 nitrogen and oxygen atoms in total. The molecule has 0 heterocycles. The molecule has 1 unspecified atom stereocenters. The molecular weight excluding hydrogens is 274 g/mol. The molecule has 21 heavy (non-hydrogen) atoms. The average molecular weight is 295 g/mol. The van der Waals surface area contributed by atoms with Crippen molar-refractivity contribution < 1.29 is 14.5 Å². The lowest BCUT2D eigenvalue weighted by Crippen LogP contribution is -2.59. The monoisotopic (exact) mass is 295 g/mol. The number of nitro benzene ring substituents is 1. The van der Waals surface area contributed by atoms with Crippen molar-refractivity contribution in [2.75, 3.05) is 6.61 Å². The predicted molar refractivity (Wildman–Crippen MR) is 79.2 cm³/mol. The van der Waals surface area contributed by atoms with Crippen LogP contribution in [-0.4, -0.2) is 29.0 Å². The summed E-state index contributed by atoms with van der Waals surface area (Å²) in [5, 5.41) is 14.1. The number of rotatable bonds is 7. The van der Waals surface area contributed by atoms with E-state index >= 15 is 0 Å². The third-order valence-electron chi connectivity index (χ3n) is 3.05. The second kappa shape index (κ2) is 6.53. The summed E-state index contributed by atoms with van der Waals surface area (Å²) in [6, 6.07) is 4.81. The Balaban J connectivity index is 2.99. The van der Waals surface area contributed by atoms with Crippen LogP contribution in [0.1, 0.15) is 26.3 Å². The number of ether oxygens (including phenoxy) is 1. The quantitative estimate of drug-likeness (QED) is 0.586. The van der Waals surface area contributed by atoms with Gasteiger partial charge in [0.15, 0.2) is 5.75 Å². The molecule has 0 bridgehead atoms. The number of hydrogen-bond donors (Lipinski definition) is 2. The summed E-state index contributed by atoms with van der Waals surface area (Å²) in [7, 11) is 0. The van der Waals surface area contributed by atoms with Crippen molar-refractivity contribution in [2.45, 2.75) is 39.3 Å². The molecule has 0 aliphatic carbocycles. The topological polar surface area (TPSA) is 107 Å². The van der Waals surface area contributed by atoms with E-state index in [-0.39, 0.29) is 24.1 Å². The van der Waals surface area contributed by atoms with Gasteiger partial charge in [0.05, 0.1) is 4.92 Å². The average Bonchev–Trinajstić information content (AvgIpc) is 2.34. The van der Waals surface area contributed by atoms with Crippen LogP contribution in [0.4, 0.5) is 5.69 Å². The number of hydrogen-bond acceptors (Lipinski definition) is 5. The summed E-state index contributed by atoms with van der Waals surface area (Å²) < 4.78 is 5.50. The number of aryl methyl sites for hydroxylation is 1. The molecule has 0 aliphatic rings. The van der Waals surface area contributed by atoms with Crippen molar-refractivity contribution >= 4 is 11.6 Å². The fourth-order valence-corrected chi connectivity index (χ4v) is 2.03. The summed E-state index contributed by atoms with van der Waals surface area (Å²) >= 11 is 0. The molecule has 7 heteroatoms. The summed E-state index contributed by atoms with van der Waals surface area (Å²) in [6.45, 7) is 6.89. The van der Waals surface area contributed by atoms with Crippen molar-refractivity contribution in [2.24, 2.45) is 5.73 Å². The molecule has 0 radical (unpaired) electrons. The largest absolute Gasteiger partial charge is 0.484 e. The number of carbonyl (C=O) groups excluding carboxylic acids is 1. The van der Waals surface area contributed by atoms with Crippen molar-refractivity contribution in [3.63, 3.8) is 0 Å². The van der Waals surface area contributed by atoms with Gasteiger partial charge < -0.3 is 10.5 Å². The van der Waals surface area contributed by atoms with Crippen LogP contribution >= 0.6 is 0 Å². The second-order valence-corrected chi connectivity index (χ2v) is 5.46. The van der Waals surface area contributed by atoms with Crippen LogP contribution in [0.15, 0.2) is 18.2 Å². The van der Waals surface area contributed by atoms with E-state index in [4.69, 9.17) is 10.5 Å². The van der Waals surface area contributed by atoms with Crippen molar-refractivity contribution in [1.29, 1.82) is 0 Å². The first-order valence-electron chi connectivity index (χ1n) is 6.62. The van der Waals surface area contributed by atoms with Crippen molar-refractivity contribution in [1.82, 2.24) is 5.32 Å². The van der Waals surface area contributed by atoms with E-state index in [1.165, 1.54) is 6.07 Å². The van der Waals surface area contributed by atoms with E-state index in [1.54, 1.807) is 26.0 Å². The SMILES string of the molecule is Cc1cccc(OCC(C)(NC(C)C)C(N)=O)c1[N+](=O)[O-]. The van der Waals surface area contributed by atoms with Crippen LogP contribution in [-0.2, 0) is 4.79 Å². The third kappa shape index (κ3) is 4.16. The van der Waals surface area contributed by atoms with Gasteiger partial charge in [0, 0.05) is 11.6 Å². The molecule has 116 valence electrons. The first-order chi connectivity index (χ1) is 9.67.